The lowest BCUT2D eigenvalue weighted by Gasteiger charge is -2.25. The van der Waals surface area contributed by atoms with Gasteiger partial charge in [-0.3, -0.25) is 10.1 Å². The summed E-state index contributed by atoms with van der Waals surface area (Å²) < 4.78 is 11.0. The summed E-state index contributed by atoms with van der Waals surface area (Å²) in [4.78, 5) is 36.3. The van der Waals surface area contributed by atoms with Crippen LogP contribution in [-0.4, -0.2) is 46.7 Å². The standard InChI is InChI=1S/C19H24N2O6/c1-19(2,3)27-18(23)20-10-13-8-16(9-14(13)11-20)26-17(22)12-4-6-15(7-5-12)21(24)25/h4-7,13-14,16H,8-11H2,1-3H3/t13-,14?,16+/m1/s1. The number of fused-ring (bicyclic) bond motifs is 1. The molecule has 0 radical (unpaired) electrons. The van der Waals surface area contributed by atoms with Crippen molar-refractivity contribution in [3.05, 3.63) is 39.9 Å². The van der Waals surface area contributed by atoms with Crippen molar-refractivity contribution in [1.29, 1.82) is 0 Å². The minimum atomic E-state index is -0.516. The molecular formula is C19H24N2O6. The van der Waals surface area contributed by atoms with Crippen LogP contribution in [0, 0.1) is 22.0 Å². The highest BCUT2D eigenvalue weighted by Gasteiger charge is 2.44. The Hall–Kier alpha value is -2.64. The van der Waals surface area contributed by atoms with Crippen LogP contribution in [0.1, 0.15) is 44.0 Å². The van der Waals surface area contributed by atoms with Crippen molar-refractivity contribution in [2.75, 3.05) is 13.1 Å². The van der Waals surface area contributed by atoms with Crippen LogP contribution in [0.5, 0.6) is 0 Å². The van der Waals surface area contributed by atoms with Gasteiger partial charge in [0.15, 0.2) is 0 Å². The number of amides is 1. The van der Waals surface area contributed by atoms with E-state index in [0.717, 1.165) is 0 Å². The summed E-state index contributed by atoms with van der Waals surface area (Å²) in [6.45, 7) is 6.76. The summed E-state index contributed by atoms with van der Waals surface area (Å²) in [5, 5.41) is 10.7. The summed E-state index contributed by atoms with van der Waals surface area (Å²) in [5.74, 6) is 0.123. The average Bonchev–Trinajstić information content (AvgIpc) is 3.11. The first-order valence-electron chi connectivity index (χ1n) is 9.06. The number of esters is 1. The maximum atomic E-state index is 12.3. The normalized spacial score (nSPS) is 24.4. The van der Waals surface area contributed by atoms with Crippen LogP contribution in [0.2, 0.25) is 0 Å². The molecule has 3 rings (SSSR count). The maximum absolute atomic E-state index is 12.3. The van der Waals surface area contributed by atoms with Gasteiger partial charge < -0.3 is 14.4 Å². The lowest BCUT2D eigenvalue weighted by Crippen LogP contribution is -2.36. The number of nitrogens with zero attached hydrogens (tertiary/aromatic N) is 2. The van der Waals surface area contributed by atoms with Gasteiger partial charge in [0.1, 0.15) is 11.7 Å². The van der Waals surface area contributed by atoms with Crippen LogP contribution in [-0.2, 0) is 9.47 Å². The van der Waals surface area contributed by atoms with Crippen molar-refractivity contribution in [2.45, 2.75) is 45.3 Å². The highest BCUT2D eigenvalue weighted by Crippen LogP contribution is 2.40. The van der Waals surface area contributed by atoms with E-state index < -0.39 is 16.5 Å². The molecule has 1 aliphatic heterocycles. The zero-order valence-corrected chi connectivity index (χ0v) is 15.7. The number of hydrogen-bond donors (Lipinski definition) is 0. The minimum absolute atomic E-state index is 0.0656. The molecule has 1 aliphatic carbocycles. The Morgan fingerprint density at radius 3 is 2.15 bits per heavy atom. The third-order valence-corrected chi connectivity index (χ3v) is 4.95. The topological polar surface area (TPSA) is 99.0 Å². The number of likely N-dealkylation sites (tertiary alicyclic amines) is 1. The molecule has 0 bridgehead atoms. The van der Waals surface area contributed by atoms with E-state index in [1.165, 1.54) is 24.3 Å². The number of nitro benzene ring substituents is 1. The Morgan fingerprint density at radius 2 is 1.67 bits per heavy atom. The summed E-state index contributed by atoms with van der Waals surface area (Å²) >= 11 is 0. The van der Waals surface area contributed by atoms with E-state index in [9.17, 15) is 19.7 Å². The predicted octanol–water partition coefficient (Wildman–Crippen LogP) is 3.40. The Morgan fingerprint density at radius 1 is 1.11 bits per heavy atom. The van der Waals surface area contributed by atoms with E-state index in [0.29, 0.717) is 43.3 Å². The van der Waals surface area contributed by atoms with Gasteiger partial charge in [0.25, 0.3) is 5.69 Å². The molecule has 0 spiro atoms. The molecule has 1 amide bonds. The third kappa shape index (κ3) is 4.56. The van der Waals surface area contributed by atoms with E-state index >= 15 is 0 Å². The molecule has 1 heterocycles. The molecule has 0 N–H and O–H groups in total. The van der Waals surface area contributed by atoms with E-state index in [-0.39, 0.29) is 17.9 Å². The molecule has 1 saturated carbocycles. The first-order chi connectivity index (χ1) is 12.6. The van der Waals surface area contributed by atoms with E-state index in [4.69, 9.17) is 9.47 Å². The van der Waals surface area contributed by atoms with E-state index in [2.05, 4.69) is 0 Å². The zero-order valence-electron chi connectivity index (χ0n) is 15.7. The number of carbonyl (C=O) groups excluding carboxylic acids is 2. The van der Waals surface area contributed by atoms with Gasteiger partial charge in [-0.05, 0) is 57.6 Å². The second-order valence-corrected chi connectivity index (χ2v) is 8.21. The van der Waals surface area contributed by atoms with Gasteiger partial charge in [0, 0.05) is 25.2 Å². The summed E-state index contributed by atoms with van der Waals surface area (Å²) in [7, 11) is 0. The molecule has 1 saturated heterocycles. The van der Waals surface area contributed by atoms with Crippen molar-refractivity contribution >= 4 is 17.7 Å². The minimum Gasteiger partial charge on any atom is -0.459 e. The molecule has 1 aromatic rings. The van der Waals surface area contributed by atoms with Crippen LogP contribution < -0.4 is 0 Å². The highest BCUT2D eigenvalue weighted by atomic mass is 16.6. The molecule has 2 aliphatic rings. The van der Waals surface area contributed by atoms with Crippen molar-refractivity contribution in [3.8, 4) is 0 Å². The highest BCUT2D eigenvalue weighted by molar-refractivity contribution is 5.89. The number of benzene rings is 1. The molecule has 27 heavy (non-hydrogen) atoms. The number of ether oxygens (including phenoxy) is 2. The van der Waals surface area contributed by atoms with Crippen LogP contribution in [0.15, 0.2) is 24.3 Å². The summed E-state index contributed by atoms with van der Waals surface area (Å²) in [6, 6.07) is 5.39. The van der Waals surface area contributed by atoms with E-state index in [1.54, 1.807) is 4.90 Å². The fraction of sp³-hybridized carbons (Fsp3) is 0.579. The van der Waals surface area contributed by atoms with Crippen LogP contribution in [0.25, 0.3) is 0 Å². The van der Waals surface area contributed by atoms with Crippen LogP contribution in [0.3, 0.4) is 0 Å². The molecule has 8 heteroatoms. The van der Waals surface area contributed by atoms with Gasteiger partial charge in [0.2, 0.25) is 0 Å². The Labute approximate surface area is 157 Å². The number of hydrogen-bond acceptors (Lipinski definition) is 6. The van der Waals surface area contributed by atoms with Gasteiger partial charge in [-0.15, -0.1) is 0 Å². The summed E-state index contributed by atoms with van der Waals surface area (Å²) in [6.07, 6.45) is 0.936. The average molecular weight is 376 g/mol. The van der Waals surface area contributed by atoms with Gasteiger partial charge >= 0.3 is 12.1 Å². The summed E-state index contributed by atoms with van der Waals surface area (Å²) in [5.41, 5.74) is -0.283. The largest absolute Gasteiger partial charge is 0.459 e. The van der Waals surface area contributed by atoms with Crippen molar-refractivity contribution in [2.24, 2.45) is 11.8 Å². The molecule has 2 fully saturated rings. The zero-order chi connectivity index (χ0) is 19.8. The second kappa shape index (κ2) is 7.17. The Balaban J connectivity index is 1.51. The van der Waals surface area contributed by atoms with Crippen molar-refractivity contribution in [1.82, 2.24) is 4.90 Å². The third-order valence-electron chi connectivity index (χ3n) is 4.95. The monoisotopic (exact) mass is 376 g/mol. The molecule has 3 atom stereocenters. The van der Waals surface area contributed by atoms with Crippen molar-refractivity contribution < 1.29 is 24.0 Å². The quantitative estimate of drug-likeness (QED) is 0.455. The van der Waals surface area contributed by atoms with Gasteiger partial charge in [-0.2, -0.15) is 0 Å². The first kappa shape index (κ1) is 19.1. The molecule has 1 unspecified atom stereocenters. The Bertz CT molecular complexity index is 726. The SMILES string of the molecule is CC(C)(C)OC(=O)N1CC2C[C@@H](OC(=O)c3ccc([N+](=O)[O-])cc3)C[C@@H]2C1. The van der Waals surface area contributed by atoms with Gasteiger partial charge in [-0.1, -0.05) is 0 Å². The maximum Gasteiger partial charge on any atom is 0.410 e. The lowest BCUT2D eigenvalue weighted by molar-refractivity contribution is -0.384. The number of non-ortho nitro benzene ring substituents is 1. The molecule has 0 aromatic heterocycles. The molecular weight excluding hydrogens is 352 g/mol. The fourth-order valence-corrected chi connectivity index (χ4v) is 3.75. The van der Waals surface area contributed by atoms with Gasteiger partial charge in [-0.25, -0.2) is 9.59 Å². The second-order valence-electron chi connectivity index (χ2n) is 8.21. The van der Waals surface area contributed by atoms with Crippen LogP contribution in [0.4, 0.5) is 10.5 Å². The molecule has 1 aromatic carbocycles. The molecule has 8 nitrogen and oxygen atoms in total. The fourth-order valence-electron chi connectivity index (χ4n) is 3.75. The molecule has 146 valence electrons. The van der Waals surface area contributed by atoms with Gasteiger partial charge in [0.05, 0.1) is 10.5 Å². The first-order valence-corrected chi connectivity index (χ1v) is 9.06. The lowest BCUT2D eigenvalue weighted by atomic mass is 10.0. The van der Waals surface area contributed by atoms with E-state index in [1.807, 2.05) is 20.8 Å². The number of nitro groups is 1. The number of rotatable bonds is 3. The smallest absolute Gasteiger partial charge is 0.410 e. The predicted molar refractivity (Wildman–Crippen MR) is 96.3 cm³/mol. The van der Waals surface area contributed by atoms with Crippen LogP contribution >= 0.6 is 0 Å². The van der Waals surface area contributed by atoms with Crippen molar-refractivity contribution in [3.63, 3.8) is 0 Å². The number of carbonyl (C=O) groups is 2. The Kier molecular flexibility index (Phi) is 5.08.